The minimum Gasteiger partial charge on any atom is -0.481 e. The Morgan fingerprint density at radius 1 is 0.769 bits per heavy atom. The summed E-state index contributed by atoms with van der Waals surface area (Å²) in [5.74, 6) is -5.01. The number of aliphatic carboxylic acids is 4. The van der Waals surface area contributed by atoms with Crippen LogP contribution in [-0.2, 0) is 25.7 Å². The molecule has 1 rings (SSSR count). The molecule has 0 saturated carbocycles. The quantitative estimate of drug-likeness (QED) is 0.0684. The molecular weight excluding hydrogens is 522 g/mol. The molecule has 12 N–H and O–H groups in total. The van der Waals surface area contributed by atoms with Crippen LogP contribution in [0.5, 0.6) is 0 Å². The Morgan fingerprint density at radius 3 is 1.87 bits per heavy atom. The van der Waals surface area contributed by atoms with Gasteiger partial charge < -0.3 is 52.3 Å². The third-order valence-electron chi connectivity index (χ3n) is 6.15. The number of hydrogen-bond donors (Lipinski definition) is 10. The fourth-order valence-corrected chi connectivity index (χ4v) is 3.98. The highest BCUT2D eigenvalue weighted by atomic mass is 16.4. The molecule has 6 atom stereocenters. The number of nitrogens with zero attached hydrogens (tertiary/aromatic N) is 1. The average Bonchev–Trinajstić information content (AvgIpc) is 2.85. The largest absolute Gasteiger partial charge is 0.481 e. The zero-order valence-electron chi connectivity index (χ0n) is 21.3. The lowest BCUT2D eigenvalue weighted by Crippen LogP contribution is -2.46. The molecule has 0 spiro atoms. The van der Waals surface area contributed by atoms with Crippen molar-refractivity contribution in [1.82, 2.24) is 0 Å². The number of carbonyl (C=O) groups is 4. The van der Waals surface area contributed by atoms with Gasteiger partial charge in [-0.15, -0.1) is 0 Å². The summed E-state index contributed by atoms with van der Waals surface area (Å²) >= 11 is 0. The second-order valence-corrected chi connectivity index (χ2v) is 9.35. The fraction of sp³-hybridized carbons (Fsp3) is 0.625. The monoisotopic (exact) mass is 560 g/mol. The Labute approximate surface area is 223 Å². The van der Waals surface area contributed by atoms with Crippen LogP contribution in [0.25, 0.3) is 0 Å². The van der Waals surface area contributed by atoms with Gasteiger partial charge in [0.1, 0.15) is 18.6 Å². The number of hydrogen-bond acceptors (Lipinski definition) is 10. The first kappa shape index (κ1) is 33.8. The Morgan fingerprint density at radius 2 is 1.33 bits per heavy atom. The summed E-state index contributed by atoms with van der Waals surface area (Å²) < 4.78 is 1.37. The van der Waals surface area contributed by atoms with Crippen molar-refractivity contribution in [2.24, 2.45) is 11.5 Å². The second kappa shape index (κ2) is 16.0. The number of rotatable bonds is 19. The van der Waals surface area contributed by atoms with Crippen LogP contribution in [0, 0.1) is 0 Å². The third-order valence-corrected chi connectivity index (χ3v) is 6.15. The molecule has 15 heteroatoms. The molecule has 4 unspecified atom stereocenters. The molecule has 39 heavy (non-hydrogen) atoms. The predicted octanol–water partition coefficient (Wildman–Crippen LogP) is -1.45. The summed E-state index contributed by atoms with van der Waals surface area (Å²) in [4.78, 5) is 44.2. The maximum Gasteiger partial charge on any atom is 0.320 e. The summed E-state index contributed by atoms with van der Waals surface area (Å²) in [6.07, 6.45) is -5.89. The smallest absolute Gasteiger partial charge is 0.320 e. The van der Waals surface area contributed by atoms with Crippen molar-refractivity contribution in [3.63, 3.8) is 0 Å². The minimum absolute atomic E-state index is 0.0773. The van der Waals surface area contributed by atoms with E-state index in [4.69, 9.17) is 26.8 Å². The van der Waals surface area contributed by atoms with Gasteiger partial charge in [-0.1, -0.05) is 0 Å². The third kappa shape index (κ3) is 11.2. The van der Waals surface area contributed by atoms with Crippen LogP contribution in [-0.4, -0.2) is 82.9 Å². The van der Waals surface area contributed by atoms with E-state index in [2.05, 4.69) is 0 Å². The lowest BCUT2D eigenvalue weighted by molar-refractivity contribution is -0.709. The van der Waals surface area contributed by atoms with Gasteiger partial charge in [0, 0.05) is 37.7 Å². The van der Waals surface area contributed by atoms with Crippen molar-refractivity contribution >= 4 is 23.9 Å². The number of carboxylic acid groups (broad SMARTS) is 4. The summed E-state index contributed by atoms with van der Waals surface area (Å²) in [7, 11) is 0. The van der Waals surface area contributed by atoms with Gasteiger partial charge >= 0.3 is 23.9 Å². The molecule has 0 radical (unpaired) electrons. The molecular formula is C24H38N3O12+. The zero-order valence-corrected chi connectivity index (χ0v) is 21.3. The van der Waals surface area contributed by atoms with Crippen LogP contribution in [0.4, 0.5) is 0 Å². The molecule has 1 aromatic rings. The first-order chi connectivity index (χ1) is 18.1. The van der Waals surface area contributed by atoms with E-state index < -0.39 is 79.6 Å². The lowest BCUT2D eigenvalue weighted by Gasteiger charge is -2.24. The van der Waals surface area contributed by atoms with Crippen molar-refractivity contribution in [2.45, 2.75) is 94.4 Å². The number of carboxylic acids is 4. The van der Waals surface area contributed by atoms with Gasteiger partial charge in [0.15, 0.2) is 12.3 Å². The normalized spacial score (nSPS) is 16.1. The summed E-state index contributed by atoms with van der Waals surface area (Å²) in [5.41, 5.74) is 10.9. The Bertz CT molecular complexity index is 1000. The Kier molecular flexibility index (Phi) is 13.9. The molecule has 0 bridgehead atoms. The van der Waals surface area contributed by atoms with Crippen LogP contribution >= 0.6 is 0 Å². The van der Waals surface area contributed by atoms with E-state index in [0.29, 0.717) is 19.3 Å². The van der Waals surface area contributed by atoms with Crippen LogP contribution in [0.15, 0.2) is 12.3 Å². The number of aliphatic hydroxyl groups is 4. The van der Waals surface area contributed by atoms with Crippen LogP contribution < -0.4 is 16.0 Å². The van der Waals surface area contributed by atoms with E-state index in [1.165, 1.54) is 16.8 Å². The topological polar surface area (TPSA) is 286 Å². The van der Waals surface area contributed by atoms with E-state index in [0.717, 1.165) is 0 Å². The molecule has 0 aromatic carbocycles. The van der Waals surface area contributed by atoms with E-state index in [9.17, 15) is 44.7 Å². The Hall–Kier alpha value is -3.21. The molecule has 220 valence electrons. The van der Waals surface area contributed by atoms with E-state index >= 15 is 0 Å². The molecule has 0 aliphatic carbocycles. The molecule has 0 saturated heterocycles. The molecule has 1 heterocycles. The SMILES string of the molecule is N[C@@H](CC(O)c1cc(C(O)CCC(=O)O)c[n+](CCCCCC(=O)O)c1C(O)C(O)C[C@H](N)C(=O)O)C(=O)O. The molecule has 0 aliphatic heterocycles. The zero-order chi connectivity index (χ0) is 29.9. The molecule has 15 nitrogen and oxygen atoms in total. The highest BCUT2D eigenvalue weighted by molar-refractivity contribution is 5.73. The molecule has 1 aromatic heterocycles. The van der Waals surface area contributed by atoms with E-state index in [1.807, 2.05) is 0 Å². The predicted molar refractivity (Wildman–Crippen MR) is 131 cm³/mol. The summed E-state index contributed by atoms with van der Waals surface area (Å²) in [6, 6.07) is -1.83. The molecule has 0 amide bonds. The van der Waals surface area contributed by atoms with E-state index in [-0.39, 0.29) is 36.2 Å². The minimum atomic E-state index is -1.83. The van der Waals surface area contributed by atoms with Crippen LogP contribution in [0.1, 0.15) is 86.5 Å². The van der Waals surface area contributed by atoms with Gasteiger partial charge in [0.05, 0.1) is 23.9 Å². The van der Waals surface area contributed by atoms with Gasteiger partial charge in [-0.2, -0.15) is 4.57 Å². The van der Waals surface area contributed by atoms with Crippen molar-refractivity contribution < 1.29 is 64.6 Å². The van der Waals surface area contributed by atoms with Gasteiger partial charge in [-0.25, -0.2) is 0 Å². The Balaban J connectivity index is 3.60. The number of nitrogens with two attached hydrogens (primary N) is 2. The highest BCUT2D eigenvalue weighted by Gasteiger charge is 2.36. The standard InChI is InChI=1S/C24H37N3O12/c25-14(23(36)37)9-17(29)13-8-12(16(28)5-6-20(33)34)11-27(7-3-1-2-4-19(31)32)21(13)22(35)18(30)10-15(26)24(38)39/h8,11,14-18,22,28-30,35H,1-7,9-10,25-26H2,(H3-,31,32,33,34,36,37,38,39)/p+1/t14-,15-,16?,17?,18?,22?/m0/s1. The van der Waals surface area contributed by atoms with Gasteiger partial charge in [0.2, 0.25) is 5.69 Å². The molecule has 0 aliphatic rings. The number of pyridine rings is 1. The highest BCUT2D eigenvalue weighted by Crippen LogP contribution is 2.31. The second-order valence-electron chi connectivity index (χ2n) is 9.35. The number of unbranched alkanes of at least 4 members (excludes halogenated alkanes) is 2. The van der Waals surface area contributed by atoms with Crippen LogP contribution in [0.3, 0.4) is 0 Å². The number of aliphatic hydroxyl groups excluding tert-OH is 4. The van der Waals surface area contributed by atoms with E-state index in [1.54, 1.807) is 0 Å². The maximum absolute atomic E-state index is 11.3. The van der Waals surface area contributed by atoms with Crippen molar-refractivity contribution in [3.8, 4) is 0 Å². The van der Waals surface area contributed by atoms with Crippen molar-refractivity contribution in [3.05, 3.63) is 29.1 Å². The fourth-order valence-electron chi connectivity index (χ4n) is 3.98. The summed E-state index contributed by atoms with van der Waals surface area (Å²) in [6.45, 7) is 0.0773. The van der Waals surface area contributed by atoms with Crippen molar-refractivity contribution in [2.75, 3.05) is 0 Å². The first-order valence-electron chi connectivity index (χ1n) is 12.3. The van der Waals surface area contributed by atoms with Crippen LogP contribution in [0.2, 0.25) is 0 Å². The first-order valence-corrected chi connectivity index (χ1v) is 12.3. The summed E-state index contributed by atoms with van der Waals surface area (Å²) in [5, 5.41) is 79.3. The maximum atomic E-state index is 11.3. The lowest BCUT2D eigenvalue weighted by atomic mass is 9.91. The van der Waals surface area contributed by atoms with Gasteiger partial charge in [0.25, 0.3) is 0 Å². The molecule has 0 fully saturated rings. The van der Waals surface area contributed by atoms with Gasteiger partial charge in [-0.05, 0) is 25.3 Å². The van der Waals surface area contributed by atoms with Crippen molar-refractivity contribution in [1.29, 1.82) is 0 Å². The number of aromatic nitrogens is 1. The van der Waals surface area contributed by atoms with Gasteiger partial charge in [-0.3, -0.25) is 19.2 Å². The number of aryl methyl sites for hydroxylation is 1. The average molecular weight is 561 g/mol.